The molecule has 0 unspecified atom stereocenters. The molecule has 0 spiro atoms. The van der Waals surface area contributed by atoms with Crippen molar-refractivity contribution in [3.05, 3.63) is 96.4 Å². The maximum atomic E-state index is 13.7. The third kappa shape index (κ3) is 3.83. The van der Waals surface area contributed by atoms with E-state index < -0.39 is 10.0 Å². The van der Waals surface area contributed by atoms with Crippen LogP contribution < -0.4 is 4.31 Å². The SMILES string of the molecule is CC(C)(C)c1ccc(S(=O)(=O)N(Cc2cnc3ccccn23)c2ccccc2)cc1. The van der Waals surface area contributed by atoms with Crippen molar-refractivity contribution in [1.29, 1.82) is 0 Å². The Morgan fingerprint density at radius 3 is 2.23 bits per heavy atom. The zero-order valence-electron chi connectivity index (χ0n) is 17.4. The molecule has 6 heteroatoms. The maximum Gasteiger partial charge on any atom is 0.264 e. The van der Waals surface area contributed by atoms with Crippen molar-refractivity contribution in [3.8, 4) is 0 Å². The lowest BCUT2D eigenvalue weighted by Gasteiger charge is -2.25. The van der Waals surface area contributed by atoms with Crippen LogP contribution in [0.2, 0.25) is 0 Å². The fourth-order valence-corrected chi connectivity index (χ4v) is 4.85. The van der Waals surface area contributed by atoms with Gasteiger partial charge in [0.2, 0.25) is 0 Å². The third-order valence-corrected chi connectivity index (χ3v) is 6.94. The van der Waals surface area contributed by atoms with E-state index >= 15 is 0 Å². The van der Waals surface area contributed by atoms with Crippen LogP contribution in [0.5, 0.6) is 0 Å². The van der Waals surface area contributed by atoms with Gasteiger partial charge in [-0.15, -0.1) is 0 Å². The second-order valence-corrected chi connectivity index (χ2v) is 10.2. The van der Waals surface area contributed by atoms with Crippen molar-refractivity contribution < 1.29 is 8.42 Å². The van der Waals surface area contributed by atoms with Gasteiger partial charge < -0.3 is 4.40 Å². The molecule has 154 valence electrons. The summed E-state index contributed by atoms with van der Waals surface area (Å²) < 4.78 is 30.7. The average molecular weight is 420 g/mol. The Hall–Kier alpha value is -3.12. The maximum absolute atomic E-state index is 13.7. The zero-order valence-corrected chi connectivity index (χ0v) is 18.2. The van der Waals surface area contributed by atoms with Gasteiger partial charge in [0.1, 0.15) is 5.65 Å². The predicted molar refractivity (Wildman–Crippen MR) is 120 cm³/mol. The number of pyridine rings is 1. The van der Waals surface area contributed by atoms with Gasteiger partial charge in [-0.1, -0.05) is 57.2 Å². The lowest BCUT2D eigenvalue weighted by Crippen LogP contribution is -2.31. The van der Waals surface area contributed by atoms with Crippen LogP contribution in [-0.4, -0.2) is 17.8 Å². The van der Waals surface area contributed by atoms with Crippen LogP contribution in [0.1, 0.15) is 32.0 Å². The van der Waals surface area contributed by atoms with E-state index in [1.165, 1.54) is 4.31 Å². The minimum absolute atomic E-state index is 0.0437. The van der Waals surface area contributed by atoms with E-state index in [-0.39, 0.29) is 16.9 Å². The van der Waals surface area contributed by atoms with E-state index in [1.54, 1.807) is 18.3 Å². The molecule has 2 heterocycles. The monoisotopic (exact) mass is 419 g/mol. The highest BCUT2D eigenvalue weighted by Gasteiger charge is 2.27. The Balaban J connectivity index is 1.78. The molecule has 0 saturated carbocycles. The summed E-state index contributed by atoms with van der Waals surface area (Å²) in [7, 11) is -3.77. The minimum Gasteiger partial charge on any atom is -0.302 e. The molecule has 0 aliphatic rings. The lowest BCUT2D eigenvalue weighted by atomic mass is 9.87. The van der Waals surface area contributed by atoms with Gasteiger partial charge in [0.15, 0.2) is 0 Å². The third-order valence-electron chi connectivity index (χ3n) is 5.15. The number of nitrogens with zero attached hydrogens (tertiary/aromatic N) is 3. The van der Waals surface area contributed by atoms with Gasteiger partial charge >= 0.3 is 0 Å². The van der Waals surface area contributed by atoms with Crippen molar-refractivity contribution >= 4 is 21.4 Å². The van der Waals surface area contributed by atoms with Crippen molar-refractivity contribution in [2.24, 2.45) is 0 Å². The molecule has 30 heavy (non-hydrogen) atoms. The van der Waals surface area contributed by atoms with Crippen molar-refractivity contribution in [1.82, 2.24) is 9.38 Å². The Morgan fingerprint density at radius 2 is 1.57 bits per heavy atom. The topological polar surface area (TPSA) is 54.7 Å². The van der Waals surface area contributed by atoms with E-state index in [1.807, 2.05) is 71.3 Å². The molecule has 2 aromatic heterocycles. The van der Waals surface area contributed by atoms with Crippen LogP contribution in [0.3, 0.4) is 0 Å². The number of fused-ring (bicyclic) bond motifs is 1. The molecule has 2 aromatic carbocycles. The summed E-state index contributed by atoms with van der Waals surface area (Å²) >= 11 is 0. The van der Waals surface area contributed by atoms with E-state index in [9.17, 15) is 8.42 Å². The molecule has 0 N–H and O–H groups in total. The summed E-state index contributed by atoms with van der Waals surface area (Å²) in [6.45, 7) is 6.51. The van der Waals surface area contributed by atoms with E-state index in [2.05, 4.69) is 25.8 Å². The summed E-state index contributed by atoms with van der Waals surface area (Å²) in [5.41, 5.74) is 3.24. The average Bonchev–Trinajstić information content (AvgIpc) is 3.15. The second kappa shape index (κ2) is 7.61. The Bertz CT molecular complexity index is 1260. The van der Waals surface area contributed by atoms with E-state index in [0.717, 1.165) is 16.9 Å². The van der Waals surface area contributed by atoms with Gasteiger partial charge in [-0.2, -0.15) is 0 Å². The second-order valence-electron chi connectivity index (χ2n) is 8.30. The van der Waals surface area contributed by atoms with E-state index in [4.69, 9.17) is 0 Å². The molecule has 0 radical (unpaired) electrons. The number of anilines is 1. The van der Waals surface area contributed by atoms with Crippen LogP contribution >= 0.6 is 0 Å². The first-order chi connectivity index (χ1) is 14.3. The largest absolute Gasteiger partial charge is 0.302 e. The molecule has 5 nitrogen and oxygen atoms in total. The molecular formula is C24H25N3O2S. The number of rotatable bonds is 5. The van der Waals surface area contributed by atoms with Crippen LogP contribution in [0.25, 0.3) is 5.65 Å². The number of benzene rings is 2. The van der Waals surface area contributed by atoms with Gasteiger partial charge in [-0.3, -0.25) is 4.31 Å². The highest BCUT2D eigenvalue weighted by Crippen LogP contribution is 2.28. The minimum atomic E-state index is -3.77. The summed E-state index contributed by atoms with van der Waals surface area (Å²) in [5, 5.41) is 0. The summed E-state index contributed by atoms with van der Waals surface area (Å²) in [6, 6.07) is 22.1. The summed E-state index contributed by atoms with van der Waals surface area (Å²) in [5.74, 6) is 0. The first kappa shape index (κ1) is 20.2. The van der Waals surface area contributed by atoms with Crippen molar-refractivity contribution in [2.75, 3.05) is 4.31 Å². The normalized spacial score (nSPS) is 12.2. The standard InChI is InChI=1S/C24H25N3O2S/c1-24(2,3)19-12-14-22(15-13-19)30(28,29)27(20-9-5-4-6-10-20)18-21-17-25-23-11-7-8-16-26(21)23/h4-17H,18H2,1-3H3. The number of para-hydroxylation sites is 1. The molecule has 0 saturated heterocycles. The first-order valence-corrected chi connectivity index (χ1v) is 11.3. The number of hydrogen-bond acceptors (Lipinski definition) is 3. The quantitative estimate of drug-likeness (QED) is 0.456. The Morgan fingerprint density at radius 1 is 0.900 bits per heavy atom. The molecule has 4 rings (SSSR count). The molecule has 0 atom stereocenters. The molecular weight excluding hydrogens is 394 g/mol. The number of hydrogen-bond donors (Lipinski definition) is 0. The predicted octanol–water partition coefficient (Wildman–Crippen LogP) is 5.03. The fraction of sp³-hybridized carbons (Fsp3) is 0.208. The van der Waals surface area contributed by atoms with Crippen LogP contribution in [0.4, 0.5) is 5.69 Å². The van der Waals surface area contributed by atoms with Crippen LogP contribution in [0.15, 0.2) is 90.1 Å². The Kier molecular flexibility index (Phi) is 5.12. The van der Waals surface area contributed by atoms with Crippen molar-refractivity contribution in [2.45, 2.75) is 37.6 Å². The van der Waals surface area contributed by atoms with Gasteiger partial charge in [0.25, 0.3) is 10.0 Å². The Labute approximate surface area is 177 Å². The van der Waals surface area contributed by atoms with Gasteiger partial charge in [-0.05, 0) is 47.4 Å². The fourth-order valence-electron chi connectivity index (χ4n) is 3.41. The number of sulfonamides is 1. The summed E-state index contributed by atoms with van der Waals surface area (Å²) in [6.07, 6.45) is 3.62. The van der Waals surface area contributed by atoms with Crippen LogP contribution in [-0.2, 0) is 22.0 Å². The summed E-state index contributed by atoms with van der Waals surface area (Å²) in [4.78, 5) is 4.67. The molecule has 0 aliphatic carbocycles. The molecule has 0 aliphatic heterocycles. The smallest absolute Gasteiger partial charge is 0.264 e. The van der Waals surface area contributed by atoms with Gasteiger partial charge in [0, 0.05) is 6.20 Å². The van der Waals surface area contributed by atoms with Gasteiger partial charge in [-0.25, -0.2) is 13.4 Å². The highest BCUT2D eigenvalue weighted by atomic mass is 32.2. The molecule has 0 amide bonds. The molecule has 0 bridgehead atoms. The number of aromatic nitrogens is 2. The lowest BCUT2D eigenvalue weighted by molar-refractivity contribution is 0.584. The van der Waals surface area contributed by atoms with Crippen molar-refractivity contribution in [3.63, 3.8) is 0 Å². The van der Waals surface area contributed by atoms with Gasteiger partial charge in [0.05, 0.1) is 29.0 Å². The number of imidazole rings is 1. The zero-order chi connectivity index (χ0) is 21.4. The van der Waals surface area contributed by atoms with Crippen LogP contribution in [0, 0.1) is 0 Å². The molecule has 4 aromatic rings. The first-order valence-electron chi connectivity index (χ1n) is 9.86. The van der Waals surface area contributed by atoms with E-state index in [0.29, 0.717) is 5.69 Å². The molecule has 0 fully saturated rings. The highest BCUT2D eigenvalue weighted by molar-refractivity contribution is 7.92.